The molecule has 5 aromatic carbocycles. The van der Waals surface area contributed by atoms with Crippen molar-refractivity contribution in [3.8, 4) is 0 Å². The molecule has 0 bridgehead atoms. The Morgan fingerprint density at radius 3 is 1.42 bits per heavy atom. The molecule has 5 aromatic rings. The second kappa shape index (κ2) is 26.4. The Balaban J connectivity index is -0.000000312. The molecule has 45 heavy (non-hydrogen) atoms. The molecule has 5 rings (SSSR count). The molecular weight excluding hydrogens is 544 g/mol. The lowest BCUT2D eigenvalue weighted by Crippen LogP contribution is -1.96. The number of hydrogen-bond donors (Lipinski definition) is 2. The van der Waals surface area contributed by atoms with E-state index in [1.807, 2.05) is 55.4 Å². The largest absolute Gasteiger partial charge is 0.355 e. The summed E-state index contributed by atoms with van der Waals surface area (Å²) >= 11 is 0. The van der Waals surface area contributed by atoms with Crippen LogP contribution in [0.4, 0.5) is 22.7 Å². The third-order valence-corrected chi connectivity index (χ3v) is 6.45. The van der Waals surface area contributed by atoms with Gasteiger partial charge < -0.3 is 10.6 Å². The van der Waals surface area contributed by atoms with Gasteiger partial charge in [-0.3, -0.25) is 0 Å². The van der Waals surface area contributed by atoms with Gasteiger partial charge in [0.25, 0.3) is 0 Å². The average Bonchev–Trinajstić information content (AvgIpc) is 3.11. The van der Waals surface area contributed by atoms with Crippen LogP contribution in [0.3, 0.4) is 0 Å². The minimum absolute atomic E-state index is 0. The maximum atomic E-state index is 3.59. The minimum atomic E-state index is 0. The summed E-state index contributed by atoms with van der Waals surface area (Å²) in [5.74, 6) is 0. The summed E-state index contributed by atoms with van der Waals surface area (Å²) in [6.45, 7) is 24.6. The zero-order valence-corrected chi connectivity index (χ0v) is 29.8. The maximum absolute atomic E-state index is 3.59. The lowest BCUT2D eigenvalue weighted by molar-refractivity contribution is 1.14. The highest BCUT2D eigenvalue weighted by Gasteiger charge is 2.06. The van der Waals surface area contributed by atoms with Crippen molar-refractivity contribution in [3.05, 3.63) is 131 Å². The van der Waals surface area contributed by atoms with E-state index in [9.17, 15) is 0 Å². The summed E-state index contributed by atoms with van der Waals surface area (Å²) in [5, 5.41) is 9.61. The molecule has 0 fully saturated rings. The van der Waals surface area contributed by atoms with E-state index in [1.165, 1.54) is 44.4 Å². The van der Waals surface area contributed by atoms with Crippen LogP contribution in [0.1, 0.15) is 102 Å². The van der Waals surface area contributed by atoms with Crippen LogP contribution in [0, 0.1) is 13.8 Å². The zero-order chi connectivity index (χ0) is 33.3. The fourth-order valence-corrected chi connectivity index (χ4v) is 4.28. The molecule has 0 amide bonds. The molecule has 2 heteroatoms. The molecule has 0 aliphatic carbocycles. The number of benzene rings is 5. The molecule has 0 saturated carbocycles. The molecule has 0 spiro atoms. The molecule has 250 valence electrons. The minimum Gasteiger partial charge on any atom is -0.355 e. The molecule has 0 saturated heterocycles. The first-order valence-corrected chi connectivity index (χ1v) is 16.8. The van der Waals surface area contributed by atoms with Gasteiger partial charge in [0.2, 0.25) is 0 Å². The smallest absolute Gasteiger partial charge is 0.0496 e. The van der Waals surface area contributed by atoms with E-state index in [2.05, 4.69) is 148 Å². The molecule has 2 N–H and O–H groups in total. The van der Waals surface area contributed by atoms with Crippen LogP contribution in [-0.2, 0) is 12.8 Å². The standard InChI is InChI=1S/C19H19N.C15H17N.4C2H6.CH4.2H2/c1-3-15-10-11-16-6-4-5-7-18(16)19(15)20-17-12-8-14(2)9-13-17;1-3-13-6-4-5-7-15(13)16-14-10-8-12(2)9-11-14;4*1-2;;;/h4-13,20H,3H2,1-2H3;4-11,16H,3H2,1-2H3;4*1-2H3;1H4;2*1H. The van der Waals surface area contributed by atoms with Crippen LogP contribution < -0.4 is 10.6 Å². The Morgan fingerprint density at radius 1 is 0.467 bits per heavy atom. The normalized spacial score (nSPS) is 8.89. The van der Waals surface area contributed by atoms with Crippen molar-refractivity contribution >= 4 is 33.5 Å². The summed E-state index contributed by atoms with van der Waals surface area (Å²) in [6.07, 6.45) is 2.08. The second-order valence-electron chi connectivity index (χ2n) is 9.17. The predicted octanol–water partition coefficient (Wildman–Crippen LogP) is 15.0. The molecule has 0 heterocycles. The quantitative estimate of drug-likeness (QED) is 0.199. The van der Waals surface area contributed by atoms with Gasteiger partial charge in [-0.1, -0.05) is 167 Å². The summed E-state index contributed by atoms with van der Waals surface area (Å²) < 4.78 is 0. The van der Waals surface area contributed by atoms with Crippen LogP contribution >= 0.6 is 0 Å². The molecule has 0 atom stereocenters. The molecule has 0 radical (unpaired) electrons. The van der Waals surface area contributed by atoms with E-state index in [-0.39, 0.29) is 10.3 Å². The molecule has 0 aliphatic heterocycles. The first-order valence-electron chi connectivity index (χ1n) is 16.8. The van der Waals surface area contributed by atoms with Gasteiger partial charge in [-0.2, -0.15) is 0 Å². The van der Waals surface area contributed by atoms with Gasteiger partial charge in [-0.15, -0.1) is 0 Å². The Morgan fingerprint density at radius 2 is 0.911 bits per heavy atom. The zero-order valence-electron chi connectivity index (χ0n) is 29.8. The number of hydrogen-bond acceptors (Lipinski definition) is 2. The van der Waals surface area contributed by atoms with Crippen LogP contribution in [0.2, 0.25) is 0 Å². The summed E-state index contributed by atoms with van der Waals surface area (Å²) in [5.41, 5.74) is 9.99. The molecular formula is C43H68N2. The van der Waals surface area contributed by atoms with Gasteiger partial charge in [0.1, 0.15) is 0 Å². The highest BCUT2D eigenvalue weighted by molar-refractivity contribution is 5.97. The lowest BCUT2D eigenvalue weighted by Gasteiger charge is -2.14. The number of fused-ring (bicyclic) bond motifs is 1. The fraction of sp³-hybridized carbons (Fsp3) is 0.349. The van der Waals surface area contributed by atoms with E-state index in [0.717, 1.165) is 24.2 Å². The molecule has 0 aliphatic rings. The van der Waals surface area contributed by atoms with Gasteiger partial charge in [-0.25, -0.2) is 0 Å². The number of nitrogens with one attached hydrogen (secondary N) is 2. The van der Waals surface area contributed by atoms with Crippen LogP contribution in [0.5, 0.6) is 0 Å². The highest BCUT2D eigenvalue weighted by atomic mass is 14.9. The monoisotopic (exact) mass is 613 g/mol. The van der Waals surface area contributed by atoms with Crippen molar-refractivity contribution in [2.24, 2.45) is 0 Å². The van der Waals surface area contributed by atoms with Crippen LogP contribution in [-0.4, -0.2) is 0 Å². The van der Waals surface area contributed by atoms with E-state index in [0.29, 0.717) is 0 Å². The topological polar surface area (TPSA) is 24.1 Å². The third kappa shape index (κ3) is 14.5. The number of aryl methyl sites for hydroxylation is 4. The Labute approximate surface area is 281 Å². The Kier molecular flexibility index (Phi) is 25.3. The summed E-state index contributed by atoms with van der Waals surface area (Å²) in [7, 11) is 0. The van der Waals surface area contributed by atoms with Gasteiger partial charge >= 0.3 is 0 Å². The third-order valence-electron chi connectivity index (χ3n) is 6.45. The summed E-state index contributed by atoms with van der Waals surface area (Å²) in [6, 6.07) is 38.4. The molecule has 0 aromatic heterocycles. The predicted molar refractivity (Wildman–Crippen MR) is 214 cm³/mol. The Bertz CT molecular complexity index is 1410. The number of para-hydroxylation sites is 1. The lowest BCUT2D eigenvalue weighted by atomic mass is 10.0. The van der Waals surface area contributed by atoms with Gasteiger partial charge in [0, 0.05) is 31.0 Å². The van der Waals surface area contributed by atoms with Crippen molar-refractivity contribution in [1.82, 2.24) is 0 Å². The van der Waals surface area contributed by atoms with Crippen molar-refractivity contribution in [3.63, 3.8) is 0 Å². The van der Waals surface area contributed by atoms with E-state index >= 15 is 0 Å². The van der Waals surface area contributed by atoms with E-state index in [4.69, 9.17) is 0 Å². The van der Waals surface area contributed by atoms with E-state index in [1.54, 1.807) is 0 Å². The van der Waals surface area contributed by atoms with Gasteiger partial charge in [-0.05, 0) is 73.5 Å². The first-order chi connectivity index (χ1) is 21.6. The highest BCUT2D eigenvalue weighted by Crippen LogP contribution is 2.31. The summed E-state index contributed by atoms with van der Waals surface area (Å²) in [4.78, 5) is 0. The van der Waals surface area contributed by atoms with Gasteiger partial charge in [0.15, 0.2) is 0 Å². The first kappa shape index (κ1) is 43.1. The van der Waals surface area contributed by atoms with Crippen molar-refractivity contribution < 1.29 is 2.85 Å². The van der Waals surface area contributed by atoms with Crippen molar-refractivity contribution in [2.45, 2.75) is 103 Å². The van der Waals surface area contributed by atoms with Crippen molar-refractivity contribution in [2.75, 3.05) is 10.6 Å². The maximum Gasteiger partial charge on any atom is 0.0496 e. The van der Waals surface area contributed by atoms with E-state index < -0.39 is 0 Å². The number of rotatable bonds is 6. The van der Waals surface area contributed by atoms with Crippen LogP contribution in [0.25, 0.3) is 10.8 Å². The van der Waals surface area contributed by atoms with Gasteiger partial charge in [0.05, 0.1) is 0 Å². The molecule has 2 nitrogen and oxygen atoms in total. The molecule has 0 unspecified atom stereocenters. The van der Waals surface area contributed by atoms with Crippen molar-refractivity contribution in [1.29, 1.82) is 0 Å². The Hall–Kier alpha value is -4.04. The average molecular weight is 613 g/mol. The number of anilines is 4. The fourth-order valence-electron chi connectivity index (χ4n) is 4.28. The second-order valence-corrected chi connectivity index (χ2v) is 9.17. The van der Waals surface area contributed by atoms with Crippen LogP contribution in [0.15, 0.2) is 109 Å². The SMILES string of the molecule is C.CC.CC.CC.CC.CCc1ccc2ccccc2c1Nc1ccc(C)cc1.CCc1ccccc1Nc1ccc(C)cc1.[HH].[HH].